The van der Waals surface area contributed by atoms with Crippen molar-refractivity contribution in [3.8, 4) is 5.75 Å². The molecule has 166 valence electrons. The fourth-order valence-electron chi connectivity index (χ4n) is 3.53. The first-order valence-electron chi connectivity index (χ1n) is 10.3. The Morgan fingerprint density at radius 1 is 0.935 bits per heavy atom. The van der Waals surface area contributed by atoms with Crippen molar-refractivity contribution in [1.29, 1.82) is 0 Å². The number of methoxy groups -OCH3 is 1. The van der Waals surface area contributed by atoms with Gasteiger partial charge in [-0.05, 0) is 62.2 Å². The molecule has 7 nitrogen and oxygen atoms in total. The van der Waals surface area contributed by atoms with Crippen LogP contribution in [0.3, 0.4) is 0 Å². The smallest absolute Gasteiger partial charge is 0.338 e. The van der Waals surface area contributed by atoms with Crippen molar-refractivity contribution in [2.24, 2.45) is 0 Å². The summed E-state index contributed by atoms with van der Waals surface area (Å²) in [7, 11) is -2.07. The van der Waals surface area contributed by atoms with Crippen LogP contribution < -0.4 is 4.74 Å². The van der Waals surface area contributed by atoms with Gasteiger partial charge < -0.3 is 9.47 Å². The number of ketones is 1. The predicted octanol–water partition coefficient (Wildman–Crippen LogP) is 3.82. The Bertz CT molecular complexity index is 1040. The highest BCUT2D eigenvalue weighted by molar-refractivity contribution is 7.89. The molecule has 0 amide bonds. The number of benzene rings is 2. The lowest BCUT2D eigenvalue weighted by atomic mass is 10.1. The first-order valence-corrected chi connectivity index (χ1v) is 11.7. The van der Waals surface area contributed by atoms with E-state index in [-0.39, 0.29) is 22.8 Å². The van der Waals surface area contributed by atoms with Crippen molar-refractivity contribution in [2.45, 2.75) is 44.1 Å². The molecule has 1 fully saturated rings. The molecule has 0 spiro atoms. The molecule has 1 heterocycles. The molecule has 2 aromatic rings. The standard InChI is InChI=1S/C23H27NO6S/c1-17(25)19-9-12-22(29-2)20(15-19)16-30-23(26)18-7-10-21(11-8-18)31(27,28)24-13-5-3-4-6-14-24/h7-12,15H,3-6,13-14,16H2,1-2H3. The van der Waals surface area contributed by atoms with Crippen LogP contribution in [-0.4, -0.2) is 44.7 Å². The first kappa shape index (κ1) is 23.0. The third-order valence-corrected chi connectivity index (χ3v) is 7.25. The number of ether oxygens (including phenoxy) is 2. The van der Waals surface area contributed by atoms with Crippen LogP contribution >= 0.6 is 0 Å². The predicted molar refractivity (Wildman–Crippen MR) is 116 cm³/mol. The number of carbonyl (C=O) groups is 2. The minimum Gasteiger partial charge on any atom is -0.496 e. The Balaban J connectivity index is 1.70. The van der Waals surface area contributed by atoms with Crippen LogP contribution in [0.15, 0.2) is 47.4 Å². The Kier molecular flexibility index (Phi) is 7.46. The van der Waals surface area contributed by atoms with Crippen molar-refractivity contribution in [1.82, 2.24) is 4.31 Å². The van der Waals surface area contributed by atoms with Crippen molar-refractivity contribution < 1.29 is 27.5 Å². The summed E-state index contributed by atoms with van der Waals surface area (Å²) in [5.74, 6) is -0.179. The van der Waals surface area contributed by atoms with Gasteiger partial charge in [-0.15, -0.1) is 0 Å². The fraction of sp³-hybridized carbons (Fsp3) is 0.391. The summed E-state index contributed by atoms with van der Waals surface area (Å²) in [6, 6.07) is 10.7. The molecule has 0 saturated carbocycles. The van der Waals surface area contributed by atoms with Gasteiger partial charge in [-0.25, -0.2) is 13.2 Å². The highest BCUT2D eigenvalue weighted by atomic mass is 32.2. The number of hydrogen-bond donors (Lipinski definition) is 0. The number of esters is 1. The Morgan fingerprint density at radius 3 is 2.13 bits per heavy atom. The van der Waals surface area contributed by atoms with Crippen LogP contribution in [-0.2, 0) is 21.4 Å². The van der Waals surface area contributed by atoms with Gasteiger partial charge >= 0.3 is 5.97 Å². The second-order valence-corrected chi connectivity index (χ2v) is 9.44. The molecule has 0 unspecified atom stereocenters. The van der Waals surface area contributed by atoms with Gasteiger partial charge in [0.1, 0.15) is 12.4 Å². The summed E-state index contributed by atoms with van der Waals surface area (Å²) in [6.45, 7) is 2.43. The molecule has 1 saturated heterocycles. The monoisotopic (exact) mass is 445 g/mol. The lowest BCUT2D eigenvalue weighted by Gasteiger charge is -2.20. The van der Waals surface area contributed by atoms with E-state index in [2.05, 4.69) is 0 Å². The van der Waals surface area contributed by atoms with E-state index in [4.69, 9.17) is 9.47 Å². The molecular weight excluding hydrogens is 418 g/mol. The molecule has 1 aliphatic heterocycles. The van der Waals surface area contributed by atoms with E-state index < -0.39 is 16.0 Å². The highest BCUT2D eigenvalue weighted by Gasteiger charge is 2.25. The Hall–Kier alpha value is -2.71. The molecule has 8 heteroatoms. The van der Waals surface area contributed by atoms with Crippen LogP contribution in [0.1, 0.15) is 58.9 Å². The van der Waals surface area contributed by atoms with Crippen LogP contribution in [0.4, 0.5) is 0 Å². The maximum absolute atomic E-state index is 12.9. The van der Waals surface area contributed by atoms with E-state index in [1.54, 1.807) is 18.2 Å². The van der Waals surface area contributed by atoms with Crippen molar-refractivity contribution in [3.63, 3.8) is 0 Å². The summed E-state index contributed by atoms with van der Waals surface area (Å²) >= 11 is 0. The molecular formula is C23H27NO6S. The van der Waals surface area contributed by atoms with E-state index in [0.717, 1.165) is 25.7 Å². The summed E-state index contributed by atoms with van der Waals surface area (Å²) in [5.41, 5.74) is 1.32. The van der Waals surface area contributed by atoms with Crippen LogP contribution in [0.25, 0.3) is 0 Å². The topological polar surface area (TPSA) is 90.0 Å². The molecule has 0 bridgehead atoms. The fourth-order valence-corrected chi connectivity index (χ4v) is 5.05. The third-order valence-electron chi connectivity index (χ3n) is 5.34. The molecule has 31 heavy (non-hydrogen) atoms. The number of hydrogen-bond acceptors (Lipinski definition) is 6. The van der Waals surface area contributed by atoms with Gasteiger partial charge in [0.25, 0.3) is 0 Å². The number of sulfonamides is 1. The molecule has 0 radical (unpaired) electrons. The molecule has 0 atom stereocenters. The van der Waals surface area contributed by atoms with Gasteiger partial charge in [-0.1, -0.05) is 12.8 Å². The van der Waals surface area contributed by atoms with Crippen molar-refractivity contribution in [2.75, 3.05) is 20.2 Å². The average molecular weight is 446 g/mol. The molecule has 0 aromatic heterocycles. The number of carbonyl (C=O) groups excluding carboxylic acids is 2. The zero-order chi connectivity index (χ0) is 22.4. The molecule has 3 rings (SSSR count). The second kappa shape index (κ2) is 10.1. The van der Waals surface area contributed by atoms with Gasteiger partial charge in [0, 0.05) is 24.2 Å². The second-order valence-electron chi connectivity index (χ2n) is 7.50. The quantitative estimate of drug-likeness (QED) is 0.475. The zero-order valence-electron chi connectivity index (χ0n) is 17.8. The summed E-state index contributed by atoms with van der Waals surface area (Å²) < 4.78 is 37.9. The average Bonchev–Trinajstić information content (AvgIpc) is 3.07. The molecule has 0 aliphatic carbocycles. The van der Waals surface area contributed by atoms with Crippen molar-refractivity contribution >= 4 is 21.8 Å². The van der Waals surface area contributed by atoms with E-state index in [0.29, 0.717) is 30.0 Å². The largest absolute Gasteiger partial charge is 0.496 e. The number of rotatable bonds is 7. The summed E-state index contributed by atoms with van der Waals surface area (Å²) in [6.07, 6.45) is 3.80. The van der Waals surface area contributed by atoms with E-state index in [1.165, 1.54) is 42.6 Å². The van der Waals surface area contributed by atoms with Gasteiger partial charge in [-0.3, -0.25) is 4.79 Å². The lowest BCUT2D eigenvalue weighted by molar-refractivity contribution is 0.0470. The molecule has 0 N–H and O–H groups in total. The molecule has 2 aromatic carbocycles. The number of nitrogens with zero attached hydrogens (tertiary/aromatic N) is 1. The van der Waals surface area contributed by atoms with E-state index >= 15 is 0 Å². The normalized spacial score (nSPS) is 15.2. The minimum absolute atomic E-state index is 0.0725. The highest BCUT2D eigenvalue weighted by Crippen LogP contribution is 2.23. The summed E-state index contributed by atoms with van der Waals surface area (Å²) in [4.78, 5) is 24.2. The maximum Gasteiger partial charge on any atom is 0.338 e. The lowest BCUT2D eigenvalue weighted by Crippen LogP contribution is -2.31. The third kappa shape index (κ3) is 5.51. The van der Waals surface area contributed by atoms with Crippen LogP contribution in [0, 0.1) is 0 Å². The first-order chi connectivity index (χ1) is 14.8. The van der Waals surface area contributed by atoms with Gasteiger partial charge in [-0.2, -0.15) is 4.31 Å². The SMILES string of the molecule is COc1ccc(C(C)=O)cc1COC(=O)c1ccc(S(=O)(=O)N2CCCCCC2)cc1. The van der Waals surface area contributed by atoms with Gasteiger partial charge in [0.05, 0.1) is 17.6 Å². The Morgan fingerprint density at radius 2 is 1.55 bits per heavy atom. The van der Waals surface area contributed by atoms with Crippen molar-refractivity contribution in [3.05, 3.63) is 59.2 Å². The Labute approximate surface area is 183 Å². The number of Topliss-reactive ketones (excluding diaryl/α,β-unsaturated/α-hetero) is 1. The van der Waals surface area contributed by atoms with Crippen LogP contribution in [0.5, 0.6) is 5.75 Å². The summed E-state index contributed by atoms with van der Waals surface area (Å²) in [5, 5.41) is 0. The zero-order valence-corrected chi connectivity index (χ0v) is 18.6. The van der Waals surface area contributed by atoms with E-state index in [1.807, 2.05) is 0 Å². The molecule has 1 aliphatic rings. The van der Waals surface area contributed by atoms with Crippen LogP contribution in [0.2, 0.25) is 0 Å². The van der Waals surface area contributed by atoms with Gasteiger partial charge in [0.2, 0.25) is 10.0 Å². The van der Waals surface area contributed by atoms with Gasteiger partial charge in [0.15, 0.2) is 5.78 Å². The minimum atomic E-state index is -3.57. The van der Waals surface area contributed by atoms with E-state index in [9.17, 15) is 18.0 Å². The maximum atomic E-state index is 12.9.